The summed E-state index contributed by atoms with van der Waals surface area (Å²) in [5.74, 6) is 0.845. The molecule has 4 heteroatoms. The van der Waals surface area contributed by atoms with E-state index in [-0.39, 0.29) is 13.2 Å². The predicted octanol–water partition coefficient (Wildman–Crippen LogP) is 7.49. The first-order chi connectivity index (χ1) is 16.3. The van der Waals surface area contributed by atoms with Crippen molar-refractivity contribution in [1.82, 2.24) is 0 Å². The van der Waals surface area contributed by atoms with E-state index < -0.39 is 0 Å². The van der Waals surface area contributed by atoms with E-state index in [0.29, 0.717) is 13.2 Å². The molecular weight excluding hydrogens is 412 g/mol. The molecule has 1 rings (SSSR count). The second kappa shape index (κ2) is 27.1. The summed E-state index contributed by atoms with van der Waals surface area (Å²) in [6, 6.07) is 8.24. The van der Waals surface area contributed by atoms with Crippen LogP contribution in [0.4, 0.5) is 0 Å². The highest BCUT2D eigenvalue weighted by Crippen LogP contribution is 2.15. The Balaban J connectivity index is 0.000000653. The van der Waals surface area contributed by atoms with Gasteiger partial charge in [-0.15, -0.1) is 0 Å². The lowest BCUT2D eigenvalue weighted by atomic mass is 10.0. The molecule has 0 aliphatic carbocycles. The maximum atomic E-state index is 8.68. The minimum atomic E-state index is 0.0692. The van der Waals surface area contributed by atoms with Crippen LogP contribution in [0.2, 0.25) is 0 Å². The molecule has 0 saturated carbocycles. The van der Waals surface area contributed by atoms with Crippen molar-refractivity contribution in [3.63, 3.8) is 0 Å². The van der Waals surface area contributed by atoms with Gasteiger partial charge >= 0.3 is 0 Å². The lowest BCUT2D eigenvalue weighted by Crippen LogP contribution is -2.01. The number of aliphatic hydroxyl groups excluding tert-OH is 2. The lowest BCUT2D eigenvalue weighted by molar-refractivity contribution is 0.0895. The lowest BCUT2D eigenvalue weighted by Gasteiger charge is -2.06. The molecule has 0 saturated heterocycles. The number of aliphatic hydroxyl groups is 2. The molecule has 194 valence electrons. The number of rotatable bonds is 22. The van der Waals surface area contributed by atoms with Crippen molar-refractivity contribution in [2.45, 2.75) is 117 Å². The molecular formula is C29H54O4. The molecule has 4 nitrogen and oxygen atoms in total. The Bertz CT molecular complexity index is 463. The molecule has 0 atom stereocenters. The summed E-state index contributed by atoms with van der Waals surface area (Å²) in [6.07, 6.45) is 21.3. The molecule has 1 aromatic rings. The van der Waals surface area contributed by atoms with Gasteiger partial charge in [0.2, 0.25) is 0 Å². The minimum Gasteiger partial charge on any atom is -0.491 e. The van der Waals surface area contributed by atoms with Gasteiger partial charge in [-0.05, 0) is 37.0 Å². The Morgan fingerprint density at radius 1 is 0.545 bits per heavy atom. The second-order valence-corrected chi connectivity index (χ2v) is 8.90. The van der Waals surface area contributed by atoms with Crippen LogP contribution < -0.4 is 4.74 Å². The van der Waals surface area contributed by atoms with Gasteiger partial charge in [0.1, 0.15) is 12.4 Å². The molecule has 2 N–H and O–H groups in total. The standard InChI is InChI=1S/C17H28O2.C12H26O2/c1-2-3-4-5-6-7-8-9-16-10-12-17(13-11-16)19-15-14-18;1-2-3-4-5-6-7-8-9-11-14-12-10-13/h10-13,18H,2-9,14-15H2,1H3;13H,2-12H2,1H3. The molecule has 0 amide bonds. The molecule has 0 aliphatic rings. The smallest absolute Gasteiger partial charge is 0.119 e. The zero-order valence-corrected chi connectivity index (χ0v) is 21.9. The van der Waals surface area contributed by atoms with E-state index in [2.05, 4.69) is 26.0 Å². The van der Waals surface area contributed by atoms with E-state index in [4.69, 9.17) is 19.7 Å². The van der Waals surface area contributed by atoms with Crippen LogP contribution >= 0.6 is 0 Å². The molecule has 1 aromatic carbocycles. The van der Waals surface area contributed by atoms with Crippen molar-refractivity contribution < 1.29 is 19.7 Å². The molecule has 0 fully saturated rings. The van der Waals surface area contributed by atoms with Crippen LogP contribution in [0.3, 0.4) is 0 Å². The van der Waals surface area contributed by atoms with E-state index in [9.17, 15) is 0 Å². The average Bonchev–Trinajstić information content (AvgIpc) is 2.84. The molecule has 33 heavy (non-hydrogen) atoms. The number of hydrogen-bond acceptors (Lipinski definition) is 4. The summed E-state index contributed by atoms with van der Waals surface area (Å²) in [7, 11) is 0. The summed E-state index contributed by atoms with van der Waals surface area (Å²) in [5, 5.41) is 17.1. The highest BCUT2D eigenvalue weighted by Gasteiger charge is 1.97. The van der Waals surface area contributed by atoms with Crippen LogP contribution in [0, 0.1) is 0 Å². The van der Waals surface area contributed by atoms with Gasteiger partial charge < -0.3 is 19.7 Å². The van der Waals surface area contributed by atoms with Crippen LogP contribution in [0.5, 0.6) is 5.75 Å². The maximum Gasteiger partial charge on any atom is 0.119 e. The van der Waals surface area contributed by atoms with Crippen molar-refractivity contribution in [1.29, 1.82) is 0 Å². The molecule has 0 bridgehead atoms. The highest BCUT2D eigenvalue weighted by molar-refractivity contribution is 5.27. The van der Waals surface area contributed by atoms with Crippen LogP contribution in [0.1, 0.15) is 116 Å². The molecule has 0 aliphatic heterocycles. The van der Waals surface area contributed by atoms with Crippen molar-refractivity contribution in [3.05, 3.63) is 29.8 Å². The van der Waals surface area contributed by atoms with Gasteiger partial charge in [-0.2, -0.15) is 0 Å². The summed E-state index contributed by atoms with van der Waals surface area (Å²) in [5.41, 5.74) is 1.38. The van der Waals surface area contributed by atoms with Crippen LogP contribution in [0.15, 0.2) is 24.3 Å². The van der Waals surface area contributed by atoms with E-state index in [1.165, 1.54) is 95.5 Å². The molecule has 0 unspecified atom stereocenters. The fourth-order valence-corrected chi connectivity index (χ4v) is 3.71. The highest BCUT2D eigenvalue weighted by atomic mass is 16.5. The Hall–Kier alpha value is -1.10. The normalized spacial score (nSPS) is 10.7. The Morgan fingerprint density at radius 3 is 1.55 bits per heavy atom. The SMILES string of the molecule is CCCCCCCCCCOCCO.CCCCCCCCCc1ccc(OCCO)cc1. The third-order valence-electron chi connectivity index (χ3n) is 5.73. The van der Waals surface area contributed by atoms with Gasteiger partial charge in [-0.25, -0.2) is 0 Å². The Kier molecular flexibility index (Phi) is 26.2. The molecule has 0 radical (unpaired) electrons. The number of unbranched alkanes of at least 4 members (excludes halogenated alkanes) is 13. The number of ether oxygens (including phenoxy) is 2. The zero-order valence-electron chi connectivity index (χ0n) is 21.9. The summed E-state index contributed by atoms with van der Waals surface area (Å²) < 4.78 is 10.5. The Labute approximate surface area is 205 Å². The number of hydrogen-bond donors (Lipinski definition) is 2. The van der Waals surface area contributed by atoms with Gasteiger partial charge in [0.15, 0.2) is 0 Å². The van der Waals surface area contributed by atoms with Crippen LogP contribution in [-0.4, -0.2) is 43.2 Å². The van der Waals surface area contributed by atoms with E-state index >= 15 is 0 Å². The first kappa shape index (κ1) is 31.9. The van der Waals surface area contributed by atoms with Gasteiger partial charge in [0.05, 0.1) is 19.8 Å². The fraction of sp³-hybridized carbons (Fsp3) is 0.793. The van der Waals surface area contributed by atoms with Gasteiger partial charge in [-0.3, -0.25) is 0 Å². The molecule has 0 heterocycles. The van der Waals surface area contributed by atoms with Crippen LogP contribution in [-0.2, 0) is 11.2 Å². The quantitative estimate of drug-likeness (QED) is 0.174. The summed E-state index contributed by atoms with van der Waals surface area (Å²) >= 11 is 0. The average molecular weight is 467 g/mol. The molecule has 0 aromatic heterocycles. The van der Waals surface area contributed by atoms with E-state index in [1.54, 1.807) is 0 Å². The maximum absolute atomic E-state index is 8.68. The van der Waals surface area contributed by atoms with Crippen LogP contribution in [0.25, 0.3) is 0 Å². The largest absolute Gasteiger partial charge is 0.491 e. The van der Waals surface area contributed by atoms with E-state index in [0.717, 1.165) is 25.2 Å². The third-order valence-corrected chi connectivity index (χ3v) is 5.73. The van der Waals surface area contributed by atoms with Gasteiger partial charge in [-0.1, -0.05) is 109 Å². The van der Waals surface area contributed by atoms with Gasteiger partial charge in [0, 0.05) is 6.61 Å². The third kappa shape index (κ3) is 23.8. The first-order valence-corrected chi connectivity index (χ1v) is 13.8. The minimum absolute atomic E-state index is 0.0692. The summed E-state index contributed by atoms with van der Waals surface area (Å²) in [4.78, 5) is 0. The fourth-order valence-electron chi connectivity index (χ4n) is 3.71. The Morgan fingerprint density at radius 2 is 1.03 bits per heavy atom. The zero-order chi connectivity index (χ0) is 24.2. The topological polar surface area (TPSA) is 58.9 Å². The monoisotopic (exact) mass is 466 g/mol. The first-order valence-electron chi connectivity index (χ1n) is 13.8. The van der Waals surface area contributed by atoms with Crippen molar-refractivity contribution in [3.8, 4) is 5.75 Å². The second-order valence-electron chi connectivity index (χ2n) is 8.90. The van der Waals surface area contributed by atoms with Gasteiger partial charge in [0.25, 0.3) is 0 Å². The number of aryl methyl sites for hydroxylation is 1. The predicted molar refractivity (Wildman–Crippen MR) is 141 cm³/mol. The summed E-state index contributed by atoms with van der Waals surface area (Å²) in [6.45, 7) is 6.41. The molecule has 0 spiro atoms. The van der Waals surface area contributed by atoms with Crippen molar-refractivity contribution in [2.24, 2.45) is 0 Å². The number of benzene rings is 1. The van der Waals surface area contributed by atoms with E-state index in [1.807, 2.05) is 12.1 Å². The van der Waals surface area contributed by atoms with Crippen molar-refractivity contribution in [2.75, 3.05) is 33.0 Å². The van der Waals surface area contributed by atoms with Crippen molar-refractivity contribution >= 4 is 0 Å².